The third-order valence-corrected chi connectivity index (χ3v) is 4.09. The van der Waals surface area contributed by atoms with Gasteiger partial charge in [0.25, 0.3) is 0 Å². The van der Waals surface area contributed by atoms with Gasteiger partial charge in [0, 0.05) is 13.1 Å². The number of para-hydroxylation sites is 1. The van der Waals surface area contributed by atoms with Gasteiger partial charge in [0.1, 0.15) is 0 Å². The average Bonchev–Trinajstić information content (AvgIpc) is 2.68. The molecule has 5 nitrogen and oxygen atoms in total. The third kappa shape index (κ3) is 3.41. The molecule has 0 amide bonds. The number of fused-ring (bicyclic) bond motifs is 1. The highest BCUT2D eigenvalue weighted by molar-refractivity contribution is 7.88. The lowest BCUT2D eigenvalue weighted by atomic mass is 10.2. The van der Waals surface area contributed by atoms with Crippen molar-refractivity contribution in [1.82, 2.24) is 9.71 Å². The van der Waals surface area contributed by atoms with E-state index >= 15 is 0 Å². The molecule has 1 aromatic heterocycles. The number of sulfonamides is 1. The van der Waals surface area contributed by atoms with Crippen molar-refractivity contribution in [2.24, 2.45) is 0 Å². The molecular weight excluding hydrogens is 270 g/mol. The van der Waals surface area contributed by atoms with Crippen LogP contribution in [-0.2, 0) is 10.0 Å². The van der Waals surface area contributed by atoms with Gasteiger partial charge in [-0.25, -0.2) is 18.1 Å². The van der Waals surface area contributed by atoms with Crippen LogP contribution in [0.15, 0.2) is 18.2 Å². The van der Waals surface area contributed by atoms with E-state index in [0.717, 1.165) is 27.2 Å². The lowest BCUT2D eigenvalue weighted by Crippen LogP contribution is -2.27. The van der Waals surface area contributed by atoms with Crippen molar-refractivity contribution in [3.05, 3.63) is 23.8 Å². The summed E-state index contributed by atoms with van der Waals surface area (Å²) in [7, 11) is -3.12. The predicted octanol–water partition coefficient (Wildman–Crippen LogP) is 1.57. The van der Waals surface area contributed by atoms with Gasteiger partial charge in [-0.3, -0.25) is 0 Å². The molecule has 0 aliphatic carbocycles. The van der Waals surface area contributed by atoms with Crippen LogP contribution in [-0.4, -0.2) is 32.7 Å². The highest BCUT2D eigenvalue weighted by Gasteiger charge is 2.05. The van der Waals surface area contributed by atoms with Crippen LogP contribution >= 0.6 is 11.3 Å². The Morgan fingerprint density at radius 3 is 2.78 bits per heavy atom. The zero-order chi connectivity index (χ0) is 13.2. The zero-order valence-corrected chi connectivity index (χ0v) is 11.9. The summed E-state index contributed by atoms with van der Waals surface area (Å²) in [5.74, 6) is 0. The monoisotopic (exact) mass is 285 g/mol. The van der Waals surface area contributed by atoms with Gasteiger partial charge in [-0.05, 0) is 18.6 Å². The highest BCUT2D eigenvalue weighted by Crippen LogP contribution is 2.27. The number of aryl methyl sites for hydroxylation is 1. The molecule has 0 saturated carbocycles. The molecule has 7 heteroatoms. The van der Waals surface area contributed by atoms with Crippen LogP contribution < -0.4 is 10.0 Å². The SMILES string of the molecule is Cc1cccc2sc(NCCNS(C)(=O)=O)nc12. The minimum Gasteiger partial charge on any atom is -0.360 e. The highest BCUT2D eigenvalue weighted by atomic mass is 32.2. The Morgan fingerprint density at radius 2 is 2.11 bits per heavy atom. The summed E-state index contributed by atoms with van der Waals surface area (Å²) < 4.78 is 25.3. The molecule has 0 aliphatic heterocycles. The molecule has 0 bridgehead atoms. The summed E-state index contributed by atoms with van der Waals surface area (Å²) in [6.45, 7) is 2.90. The second kappa shape index (κ2) is 5.21. The van der Waals surface area contributed by atoms with E-state index in [2.05, 4.69) is 15.0 Å². The van der Waals surface area contributed by atoms with Gasteiger partial charge in [-0.15, -0.1) is 0 Å². The van der Waals surface area contributed by atoms with Gasteiger partial charge >= 0.3 is 0 Å². The van der Waals surface area contributed by atoms with Crippen molar-refractivity contribution in [3.63, 3.8) is 0 Å². The van der Waals surface area contributed by atoms with Crippen LogP contribution in [0, 0.1) is 6.92 Å². The second-order valence-corrected chi connectivity index (χ2v) is 6.90. The minimum absolute atomic E-state index is 0.355. The fraction of sp³-hybridized carbons (Fsp3) is 0.364. The number of thiazole rings is 1. The minimum atomic E-state index is -3.12. The Hall–Kier alpha value is -1.18. The van der Waals surface area contributed by atoms with Crippen LogP contribution in [0.3, 0.4) is 0 Å². The Balaban J connectivity index is 1.98. The standard InChI is InChI=1S/C11H15N3O2S2/c1-8-4-3-5-9-10(8)14-11(17-9)12-6-7-13-18(2,15)16/h3-5,13H,6-7H2,1-2H3,(H,12,14). The summed E-state index contributed by atoms with van der Waals surface area (Å²) in [5, 5.41) is 3.93. The summed E-state index contributed by atoms with van der Waals surface area (Å²) in [6, 6.07) is 6.06. The van der Waals surface area contributed by atoms with Crippen LogP contribution in [0.1, 0.15) is 5.56 Å². The smallest absolute Gasteiger partial charge is 0.208 e. The maximum Gasteiger partial charge on any atom is 0.208 e. The van der Waals surface area contributed by atoms with Gasteiger partial charge in [-0.1, -0.05) is 23.5 Å². The largest absolute Gasteiger partial charge is 0.360 e. The van der Waals surface area contributed by atoms with E-state index in [1.54, 1.807) is 11.3 Å². The Labute approximate surface area is 110 Å². The predicted molar refractivity (Wildman–Crippen MR) is 75.7 cm³/mol. The summed E-state index contributed by atoms with van der Waals surface area (Å²) >= 11 is 1.57. The molecule has 1 aromatic carbocycles. The maximum atomic E-state index is 10.9. The molecule has 2 aromatic rings. The van der Waals surface area contributed by atoms with Crippen molar-refractivity contribution in [1.29, 1.82) is 0 Å². The number of hydrogen-bond acceptors (Lipinski definition) is 5. The molecule has 1 heterocycles. The lowest BCUT2D eigenvalue weighted by Gasteiger charge is -2.02. The van der Waals surface area contributed by atoms with E-state index in [4.69, 9.17) is 0 Å². The van der Waals surface area contributed by atoms with Crippen molar-refractivity contribution in [3.8, 4) is 0 Å². The van der Waals surface area contributed by atoms with E-state index in [1.165, 1.54) is 0 Å². The molecule has 0 aliphatic rings. The Kier molecular flexibility index (Phi) is 3.84. The van der Waals surface area contributed by atoms with E-state index in [0.29, 0.717) is 13.1 Å². The number of aromatic nitrogens is 1. The van der Waals surface area contributed by atoms with E-state index in [-0.39, 0.29) is 0 Å². The lowest BCUT2D eigenvalue weighted by molar-refractivity contribution is 0.589. The van der Waals surface area contributed by atoms with Gasteiger partial charge in [0.15, 0.2) is 5.13 Å². The Bertz CT molecular complexity index is 649. The normalized spacial score (nSPS) is 11.9. The molecule has 2 rings (SSSR count). The topological polar surface area (TPSA) is 71.1 Å². The number of nitrogens with one attached hydrogen (secondary N) is 2. The quantitative estimate of drug-likeness (QED) is 0.818. The first kappa shape index (κ1) is 13.3. The van der Waals surface area contributed by atoms with Gasteiger partial charge < -0.3 is 5.32 Å². The van der Waals surface area contributed by atoms with Crippen molar-refractivity contribution in [2.75, 3.05) is 24.7 Å². The molecule has 98 valence electrons. The third-order valence-electron chi connectivity index (χ3n) is 2.39. The molecule has 0 spiro atoms. The van der Waals surface area contributed by atoms with Gasteiger partial charge in [0.05, 0.1) is 16.5 Å². The average molecular weight is 285 g/mol. The van der Waals surface area contributed by atoms with Gasteiger partial charge in [0.2, 0.25) is 10.0 Å². The first-order valence-electron chi connectivity index (χ1n) is 5.50. The van der Waals surface area contributed by atoms with E-state index < -0.39 is 10.0 Å². The molecule has 0 atom stereocenters. The molecule has 18 heavy (non-hydrogen) atoms. The molecular formula is C11H15N3O2S2. The van der Waals surface area contributed by atoms with E-state index in [9.17, 15) is 8.42 Å². The first-order chi connectivity index (χ1) is 8.46. The number of nitrogens with zero attached hydrogens (tertiary/aromatic N) is 1. The zero-order valence-electron chi connectivity index (χ0n) is 10.2. The maximum absolute atomic E-state index is 10.9. The molecule has 0 radical (unpaired) electrons. The summed E-state index contributed by atoms with van der Waals surface area (Å²) in [5.41, 5.74) is 2.15. The van der Waals surface area contributed by atoms with Crippen molar-refractivity contribution in [2.45, 2.75) is 6.92 Å². The second-order valence-electron chi connectivity index (χ2n) is 4.03. The fourth-order valence-corrected chi connectivity index (χ4v) is 3.01. The molecule has 0 unspecified atom stereocenters. The molecule has 0 fully saturated rings. The van der Waals surface area contributed by atoms with Crippen LogP contribution in [0.4, 0.5) is 5.13 Å². The molecule has 0 saturated heterocycles. The van der Waals surface area contributed by atoms with Crippen molar-refractivity contribution >= 4 is 36.7 Å². The van der Waals surface area contributed by atoms with E-state index in [1.807, 2.05) is 25.1 Å². The van der Waals surface area contributed by atoms with Gasteiger partial charge in [-0.2, -0.15) is 0 Å². The van der Waals surface area contributed by atoms with Crippen LogP contribution in [0.5, 0.6) is 0 Å². The summed E-state index contributed by atoms with van der Waals surface area (Å²) in [6.07, 6.45) is 1.15. The number of hydrogen-bond donors (Lipinski definition) is 2. The number of benzene rings is 1. The first-order valence-corrected chi connectivity index (χ1v) is 8.21. The summed E-state index contributed by atoms with van der Waals surface area (Å²) in [4.78, 5) is 4.48. The fourth-order valence-electron chi connectivity index (χ4n) is 1.57. The number of rotatable bonds is 5. The van der Waals surface area contributed by atoms with Crippen LogP contribution in [0.25, 0.3) is 10.2 Å². The molecule has 2 N–H and O–H groups in total. The van der Waals surface area contributed by atoms with Crippen LogP contribution in [0.2, 0.25) is 0 Å². The number of anilines is 1. The van der Waals surface area contributed by atoms with Crippen molar-refractivity contribution < 1.29 is 8.42 Å². The Morgan fingerprint density at radius 1 is 1.33 bits per heavy atom.